The number of hydrogen-bond acceptors (Lipinski definition) is 3. The lowest BCUT2D eigenvalue weighted by atomic mass is 10.0. The standard InChI is InChI=1S/C18H21F3N4O3/c19-18(20,21)11-1-2-15-14(9-11)22-16(26)25(15)12-3-6-23(7-4-12)13-5-8-24(10-13)17(27)28/h1-2,9,12-13H,3-8,10H2,(H,22,26)(H,27,28)/t13-/m0/s1. The molecular weight excluding hydrogens is 377 g/mol. The number of alkyl halides is 3. The molecule has 10 heteroatoms. The second-order valence-corrected chi connectivity index (χ2v) is 7.47. The summed E-state index contributed by atoms with van der Waals surface area (Å²) in [7, 11) is 0. The van der Waals surface area contributed by atoms with Crippen molar-refractivity contribution in [1.29, 1.82) is 0 Å². The molecule has 28 heavy (non-hydrogen) atoms. The summed E-state index contributed by atoms with van der Waals surface area (Å²) in [4.78, 5) is 29.7. The molecule has 0 saturated carbocycles. The fourth-order valence-corrected chi connectivity index (χ4v) is 4.39. The zero-order valence-electron chi connectivity index (χ0n) is 15.1. The number of halogens is 3. The van der Waals surface area contributed by atoms with Crippen LogP contribution in [0, 0.1) is 0 Å². The zero-order chi connectivity index (χ0) is 20.1. The van der Waals surface area contributed by atoms with Gasteiger partial charge in [-0.25, -0.2) is 9.59 Å². The number of nitrogens with zero attached hydrogens (tertiary/aromatic N) is 3. The number of amides is 1. The summed E-state index contributed by atoms with van der Waals surface area (Å²) >= 11 is 0. The number of hydrogen-bond donors (Lipinski definition) is 2. The molecule has 3 heterocycles. The number of H-pyrrole nitrogens is 1. The average molecular weight is 398 g/mol. The van der Waals surface area contributed by atoms with Gasteiger partial charge in [-0.15, -0.1) is 0 Å². The minimum absolute atomic E-state index is 0.0915. The lowest BCUT2D eigenvalue weighted by molar-refractivity contribution is -0.137. The van der Waals surface area contributed by atoms with Gasteiger partial charge in [-0.2, -0.15) is 13.2 Å². The van der Waals surface area contributed by atoms with E-state index in [1.807, 2.05) is 0 Å². The van der Waals surface area contributed by atoms with Gasteiger partial charge in [-0.05, 0) is 37.5 Å². The first-order valence-corrected chi connectivity index (χ1v) is 9.27. The Morgan fingerprint density at radius 2 is 1.79 bits per heavy atom. The summed E-state index contributed by atoms with van der Waals surface area (Å²) in [6.45, 7) is 2.47. The third-order valence-corrected chi connectivity index (χ3v) is 5.86. The van der Waals surface area contributed by atoms with Gasteiger partial charge in [0.1, 0.15) is 0 Å². The van der Waals surface area contributed by atoms with Gasteiger partial charge >= 0.3 is 18.0 Å². The Bertz CT molecular complexity index is 944. The van der Waals surface area contributed by atoms with E-state index in [0.717, 1.165) is 31.6 Å². The van der Waals surface area contributed by atoms with Crippen molar-refractivity contribution in [2.24, 2.45) is 0 Å². The number of likely N-dealkylation sites (tertiary alicyclic amines) is 2. The van der Waals surface area contributed by atoms with Gasteiger partial charge in [0.2, 0.25) is 0 Å². The SMILES string of the molecule is O=C(O)N1CC[C@H](N2CCC(n3c(=O)[nH]c4cc(C(F)(F)F)ccc43)CC2)C1. The highest BCUT2D eigenvalue weighted by molar-refractivity contribution is 5.76. The van der Waals surface area contributed by atoms with Gasteiger partial charge in [0, 0.05) is 38.3 Å². The van der Waals surface area contributed by atoms with E-state index in [2.05, 4.69) is 9.88 Å². The molecule has 2 aliphatic rings. The predicted molar refractivity (Wildman–Crippen MR) is 95.4 cm³/mol. The quantitative estimate of drug-likeness (QED) is 0.815. The molecule has 0 aliphatic carbocycles. The number of nitrogens with one attached hydrogen (secondary N) is 1. The van der Waals surface area contributed by atoms with Crippen molar-refractivity contribution in [3.63, 3.8) is 0 Å². The Morgan fingerprint density at radius 3 is 2.39 bits per heavy atom. The first-order valence-electron chi connectivity index (χ1n) is 9.27. The van der Waals surface area contributed by atoms with E-state index in [1.54, 1.807) is 4.57 Å². The molecule has 0 bridgehead atoms. The van der Waals surface area contributed by atoms with Crippen LogP contribution in [0.5, 0.6) is 0 Å². The van der Waals surface area contributed by atoms with Crippen molar-refractivity contribution in [3.05, 3.63) is 34.2 Å². The first kappa shape index (κ1) is 18.9. The molecule has 1 aromatic carbocycles. The van der Waals surface area contributed by atoms with Crippen LogP contribution >= 0.6 is 0 Å². The molecule has 0 unspecified atom stereocenters. The maximum absolute atomic E-state index is 12.9. The zero-order valence-corrected chi connectivity index (χ0v) is 15.1. The summed E-state index contributed by atoms with van der Waals surface area (Å²) in [6.07, 6.45) is -3.18. The van der Waals surface area contributed by atoms with Crippen LogP contribution in [-0.2, 0) is 6.18 Å². The molecule has 1 atom stereocenters. The topological polar surface area (TPSA) is 81.6 Å². The fourth-order valence-electron chi connectivity index (χ4n) is 4.39. The highest BCUT2D eigenvalue weighted by atomic mass is 19.4. The Morgan fingerprint density at radius 1 is 1.11 bits per heavy atom. The number of piperidine rings is 1. The molecule has 0 spiro atoms. The largest absolute Gasteiger partial charge is 0.465 e. The molecule has 2 N–H and O–H groups in total. The molecule has 2 aromatic rings. The number of carbonyl (C=O) groups is 1. The first-order chi connectivity index (χ1) is 13.2. The van der Waals surface area contributed by atoms with E-state index in [-0.39, 0.29) is 17.6 Å². The molecular formula is C18H21F3N4O3. The van der Waals surface area contributed by atoms with Crippen molar-refractivity contribution in [2.45, 2.75) is 37.5 Å². The van der Waals surface area contributed by atoms with Crippen LogP contribution in [-0.4, -0.2) is 62.8 Å². The lowest BCUT2D eigenvalue weighted by Gasteiger charge is -2.36. The number of rotatable bonds is 2. The summed E-state index contributed by atoms with van der Waals surface area (Å²) in [6, 6.07) is 3.42. The van der Waals surface area contributed by atoms with Crippen LogP contribution in [0.3, 0.4) is 0 Å². The second kappa shape index (κ2) is 6.84. The van der Waals surface area contributed by atoms with Crippen LogP contribution < -0.4 is 5.69 Å². The Kier molecular flexibility index (Phi) is 4.60. The molecule has 1 aromatic heterocycles. The van der Waals surface area contributed by atoms with Crippen LogP contribution in [0.15, 0.2) is 23.0 Å². The molecule has 2 aliphatic heterocycles. The number of benzene rings is 1. The molecule has 2 fully saturated rings. The summed E-state index contributed by atoms with van der Waals surface area (Å²) < 4.78 is 40.3. The van der Waals surface area contributed by atoms with Crippen molar-refractivity contribution in [3.8, 4) is 0 Å². The van der Waals surface area contributed by atoms with Gasteiger partial charge in [-0.1, -0.05) is 0 Å². The third-order valence-electron chi connectivity index (χ3n) is 5.86. The van der Waals surface area contributed by atoms with Gasteiger partial charge in [-0.3, -0.25) is 9.47 Å². The number of carboxylic acid groups (broad SMARTS) is 1. The molecule has 2 saturated heterocycles. The summed E-state index contributed by atoms with van der Waals surface area (Å²) in [5.41, 5.74) is -0.511. The van der Waals surface area contributed by atoms with Gasteiger partial charge in [0.25, 0.3) is 0 Å². The average Bonchev–Trinajstić information content (AvgIpc) is 3.24. The predicted octanol–water partition coefficient (Wildman–Crippen LogP) is 2.74. The number of aromatic nitrogens is 2. The van der Waals surface area contributed by atoms with Crippen LogP contribution in [0.2, 0.25) is 0 Å². The van der Waals surface area contributed by atoms with E-state index in [4.69, 9.17) is 5.11 Å². The van der Waals surface area contributed by atoms with E-state index >= 15 is 0 Å². The van der Waals surface area contributed by atoms with Gasteiger partial charge in [0.15, 0.2) is 0 Å². The Balaban J connectivity index is 1.49. The number of fused-ring (bicyclic) bond motifs is 1. The van der Waals surface area contributed by atoms with Crippen molar-refractivity contribution in [2.75, 3.05) is 26.2 Å². The minimum Gasteiger partial charge on any atom is -0.465 e. The van der Waals surface area contributed by atoms with Gasteiger partial charge in [0.05, 0.1) is 16.6 Å². The molecule has 152 valence electrons. The van der Waals surface area contributed by atoms with Crippen LogP contribution in [0.25, 0.3) is 11.0 Å². The monoisotopic (exact) mass is 398 g/mol. The maximum Gasteiger partial charge on any atom is 0.416 e. The van der Waals surface area contributed by atoms with Gasteiger partial charge < -0.3 is 15.0 Å². The second-order valence-electron chi connectivity index (χ2n) is 7.47. The van der Waals surface area contributed by atoms with Crippen LogP contribution in [0.1, 0.15) is 30.9 Å². The lowest BCUT2D eigenvalue weighted by Crippen LogP contribution is -2.44. The summed E-state index contributed by atoms with van der Waals surface area (Å²) in [5, 5.41) is 9.09. The Hall–Kier alpha value is -2.49. The van der Waals surface area contributed by atoms with Crippen molar-refractivity contribution in [1.82, 2.24) is 19.4 Å². The van der Waals surface area contributed by atoms with E-state index in [1.165, 1.54) is 11.0 Å². The highest BCUT2D eigenvalue weighted by Crippen LogP contribution is 2.32. The van der Waals surface area contributed by atoms with E-state index < -0.39 is 23.5 Å². The summed E-state index contributed by atoms with van der Waals surface area (Å²) in [5.74, 6) is 0. The molecule has 4 rings (SSSR count). The maximum atomic E-state index is 12.9. The smallest absolute Gasteiger partial charge is 0.416 e. The Labute approximate surface area is 158 Å². The normalized spacial score (nSPS) is 22.2. The number of aromatic amines is 1. The fraction of sp³-hybridized carbons (Fsp3) is 0.556. The van der Waals surface area contributed by atoms with E-state index in [0.29, 0.717) is 31.4 Å². The van der Waals surface area contributed by atoms with Crippen LogP contribution in [0.4, 0.5) is 18.0 Å². The van der Waals surface area contributed by atoms with Crippen molar-refractivity contribution < 1.29 is 23.1 Å². The molecule has 0 radical (unpaired) electrons. The minimum atomic E-state index is -4.45. The van der Waals surface area contributed by atoms with Crippen molar-refractivity contribution >= 4 is 17.1 Å². The third kappa shape index (κ3) is 3.36. The highest BCUT2D eigenvalue weighted by Gasteiger charge is 2.34. The molecule has 7 nitrogen and oxygen atoms in total. The number of imidazole rings is 1. The van der Waals surface area contributed by atoms with E-state index in [9.17, 15) is 22.8 Å². The molecule has 1 amide bonds.